The number of nitrogens with zero attached hydrogens (tertiary/aromatic N) is 1. The average Bonchev–Trinajstić information content (AvgIpc) is 2.54. The van der Waals surface area contributed by atoms with Gasteiger partial charge in [-0.25, -0.2) is 0 Å². The first-order valence-corrected chi connectivity index (χ1v) is 6.46. The van der Waals surface area contributed by atoms with Crippen LogP contribution in [0.2, 0.25) is 0 Å². The van der Waals surface area contributed by atoms with Crippen molar-refractivity contribution in [3.8, 4) is 0 Å². The molecule has 2 heteroatoms. The van der Waals surface area contributed by atoms with E-state index in [0.29, 0.717) is 0 Å². The molecule has 2 heterocycles. The molecule has 1 fully saturated rings. The summed E-state index contributed by atoms with van der Waals surface area (Å²) in [5.74, 6) is 0. The van der Waals surface area contributed by atoms with Crippen LogP contribution in [0.15, 0.2) is 18.2 Å². The lowest BCUT2D eigenvalue weighted by Gasteiger charge is -2.39. The molecule has 1 aromatic carbocycles. The zero-order chi connectivity index (χ0) is 11.0. The highest BCUT2D eigenvalue weighted by Gasteiger charge is 2.27. The molecule has 86 valence electrons. The molecule has 2 aliphatic heterocycles. The third-order valence-electron chi connectivity index (χ3n) is 3.93. The lowest BCUT2D eigenvalue weighted by atomic mass is 10.0. The topological polar surface area (TPSA) is 15.3 Å². The van der Waals surface area contributed by atoms with Gasteiger partial charge in [-0.3, -0.25) is 0 Å². The first-order chi connectivity index (χ1) is 7.86. The Morgan fingerprint density at radius 3 is 3.12 bits per heavy atom. The molecule has 0 aromatic heterocycles. The second-order valence-corrected chi connectivity index (χ2v) is 5.05. The van der Waals surface area contributed by atoms with E-state index in [9.17, 15) is 0 Å². The highest BCUT2D eigenvalue weighted by atomic mass is 15.2. The Labute approximate surface area is 97.6 Å². The summed E-state index contributed by atoms with van der Waals surface area (Å²) in [7, 11) is 0. The van der Waals surface area contributed by atoms with Crippen LogP contribution in [0.4, 0.5) is 11.4 Å². The van der Waals surface area contributed by atoms with Gasteiger partial charge in [0, 0.05) is 19.1 Å². The van der Waals surface area contributed by atoms with Crippen molar-refractivity contribution in [2.45, 2.75) is 38.6 Å². The van der Waals surface area contributed by atoms with Crippen LogP contribution in [0.25, 0.3) is 0 Å². The summed E-state index contributed by atoms with van der Waals surface area (Å²) in [5, 5.41) is 3.59. The van der Waals surface area contributed by atoms with Crippen LogP contribution >= 0.6 is 0 Å². The Morgan fingerprint density at radius 2 is 2.19 bits per heavy atom. The van der Waals surface area contributed by atoms with Gasteiger partial charge in [0.15, 0.2) is 0 Å². The number of para-hydroxylation sites is 1. The number of benzene rings is 1. The van der Waals surface area contributed by atoms with Crippen LogP contribution in [-0.2, 0) is 0 Å². The molecule has 1 unspecified atom stereocenters. The van der Waals surface area contributed by atoms with Gasteiger partial charge in [-0.15, -0.1) is 0 Å². The minimum atomic E-state index is 0.719. The number of rotatable bonds is 0. The molecule has 1 N–H and O–H groups in total. The Morgan fingerprint density at radius 1 is 1.25 bits per heavy atom. The number of aryl methyl sites for hydroxylation is 1. The van der Waals surface area contributed by atoms with E-state index in [2.05, 4.69) is 35.3 Å². The second-order valence-electron chi connectivity index (χ2n) is 5.05. The number of nitrogens with one attached hydrogen (secondary N) is 1. The van der Waals surface area contributed by atoms with Gasteiger partial charge in [0.25, 0.3) is 0 Å². The Hall–Kier alpha value is -1.18. The minimum Gasteiger partial charge on any atom is -0.381 e. The zero-order valence-corrected chi connectivity index (χ0v) is 10.00. The molecule has 2 nitrogen and oxygen atoms in total. The van der Waals surface area contributed by atoms with E-state index in [1.54, 1.807) is 0 Å². The largest absolute Gasteiger partial charge is 0.381 e. The van der Waals surface area contributed by atoms with Gasteiger partial charge in [-0.05, 0) is 31.4 Å². The van der Waals surface area contributed by atoms with Gasteiger partial charge in [-0.2, -0.15) is 0 Å². The highest BCUT2D eigenvalue weighted by molar-refractivity contribution is 5.76. The maximum absolute atomic E-state index is 3.59. The fraction of sp³-hybridized carbons (Fsp3) is 0.571. The number of hydrogen-bond donors (Lipinski definition) is 1. The van der Waals surface area contributed by atoms with Crippen molar-refractivity contribution >= 4 is 11.4 Å². The van der Waals surface area contributed by atoms with Crippen LogP contribution < -0.4 is 10.2 Å². The minimum absolute atomic E-state index is 0.719. The maximum atomic E-state index is 3.59. The fourth-order valence-corrected chi connectivity index (χ4v) is 3.09. The summed E-state index contributed by atoms with van der Waals surface area (Å²) >= 11 is 0. The van der Waals surface area contributed by atoms with Gasteiger partial charge in [0.1, 0.15) is 0 Å². The normalized spacial score (nSPS) is 24.1. The Bertz CT molecular complexity index is 386. The third kappa shape index (κ3) is 1.57. The average molecular weight is 216 g/mol. The summed E-state index contributed by atoms with van der Waals surface area (Å²) in [5.41, 5.74) is 4.20. The van der Waals surface area contributed by atoms with Gasteiger partial charge in [-0.1, -0.05) is 25.0 Å². The summed E-state index contributed by atoms with van der Waals surface area (Å²) in [6.45, 7) is 4.59. The van der Waals surface area contributed by atoms with Gasteiger partial charge in [0.05, 0.1) is 11.4 Å². The molecule has 2 aliphatic rings. The van der Waals surface area contributed by atoms with Crippen LogP contribution in [0.5, 0.6) is 0 Å². The van der Waals surface area contributed by atoms with Crippen molar-refractivity contribution in [2.24, 2.45) is 0 Å². The SMILES string of the molecule is Cc1cccc2c1N1CCCCCC1CN2. The fourth-order valence-electron chi connectivity index (χ4n) is 3.09. The molecule has 16 heavy (non-hydrogen) atoms. The first kappa shape index (κ1) is 10.0. The van der Waals surface area contributed by atoms with E-state index in [4.69, 9.17) is 0 Å². The quantitative estimate of drug-likeness (QED) is 0.716. The predicted octanol–water partition coefficient (Wildman–Crippen LogP) is 3.17. The van der Waals surface area contributed by atoms with Gasteiger partial charge in [0.2, 0.25) is 0 Å². The maximum Gasteiger partial charge on any atom is 0.0634 e. The molecule has 0 amide bonds. The van der Waals surface area contributed by atoms with Crippen LogP contribution in [0.1, 0.15) is 31.2 Å². The van der Waals surface area contributed by atoms with Crippen molar-refractivity contribution in [3.05, 3.63) is 23.8 Å². The standard InChI is InChI=1S/C14H20N2/c1-11-6-5-8-13-14(11)16-9-4-2-3-7-12(16)10-15-13/h5-6,8,12,15H,2-4,7,9-10H2,1H3. The van der Waals surface area contributed by atoms with E-state index in [1.807, 2.05) is 0 Å². The van der Waals surface area contributed by atoms with E-state index in [-0.39, 0.29) is 0 Å². The first-order valence-electron chi connectivity index (χ1n) is 6.46. The second kappa shape index (κ2) is 4.00. The van der Waals surface area contributed by atoms with Crippen molar-refractivity contribution in [2.75, 3.05) is 23.3 Å². The number of hydrogen-bond acceptors (Lipinski definition) is 2. The smallest absolute Gasteiger partial charge is 0.0634 e. The number of fused-ring (bicyclic) bond motifs is 3. The summed E-state index contributed by atoms with van der Waals surface area (Å²) in [6.07, 6.45) is 5.49. The molecule has 0 aliphatic carbocycles. The molecular formula is C14H20N2. The highest BCUT2D eigenvalue weighted by Crippen LogP contribution is 2.37. The molecule has 0 bridgehead atoms. The van der Waals surface area contributed by atoms with E-state index in [0.717, 1.165) is 12.6 Å². The van der Waals surface area contributed by atoms with Crippen molar-refractivity contribution in [3.63, 3.8) is 0 Å². The van der Waals surface area contributed by atoms with Crippen molar-refractivity contribution in [1.82, 2.24) is 0 Å². The van der Waals surface area contributed by atoms with Gasteiger partial charge < -0.3 is 10.2 Å². The summed E-state index contributed by atoms with van der Waals surface area (Å²) < 4.78 is 0. The van der Waals surface area contributed by atoms with Crippen molar-refractivity contribution in [1.29, 1.82) is 0 Å². The zero-order valence-electron chi connectivity index (χ0n) is 10.00. The number of anilines is 2. The predicted molar refractivity (Wildman–Crippen MR) is 69.3 cm³/mol. The molecule has 1 atom stereocenters. The van der Waals surface area contributed by atoms with E-state index in [1.165, 1.54) is 49.2 Å². The molecular weight excluding hydrogens is 196 g/mol. The molecule has 3 rings (SSSR count). The molecule has 0 saturated carbocycles. The van der Waals surface area contributed by atoms with Crippen molar-refractivity contribution < 1.29 is 0 Å². The Kier molecular flexibility index (Phi) is 2.50. The molecule has 1 saturated heterocycles. The van der Waals surface area contributed by atoms with Crippen LogP contribution in [-0.4, -0.2) is 19.1 Å². The third-order valence-corrected chi connectivity index (χ3v) is 3.93. The summed E-state index contributed by atoms with van der Waals surface area (Å²) in [4.78, 5) is 2.65. The lowest BCUT2D eigenvalue weighted by Crippen LogP contribution is -2.43. The van der Waals surface area contributed by atoms with Crippen LogP contribution in [0.3, 0.4) is 0 Å². The summed E-state index contributed by atoms with van der Waals surface area (Å²) in [6, 6.07) is 7.31. The van der Waals surface area contributed by atoms with E-state index < -0.39 is 0 Å². The van der Waals surface area contributed by atoms with Crippen LogP contribution in [0, 0.1) is 6.92 Å². The van der Waals surface area contributed by atoms with Gasteiger partial charge >= 0.3 is 0 Å². The molecule has 0 spiro atoms. The molecule has 0 radical (unpaired) electrons. The lowest BCUT2D eigenvalue weighted by molar-refractivity contribution is 0.582. The van der Waals surface area contributed by atoms with E-state index >= 15 is 0 Å². The monoisotopic (exact) mass is 216 g/mol. The molecule has 1 aromatic rings. The Balaban J connectivity index is 2.02.